The monoisotopic (exact) mass is 262 g/mol. The summed E-state index contributed by atoms with van der Waals surface area (Å²) in [6, 6.07) is 0. The van der Waals surface area contributed by atoms with Crippen molar-refractivity contribution in [2.45, 2.75) is 20.8 Å². The molecule has 0 unspecified atom stereocenters. The fraction of sp³-hybridized carbons (Fsp3) is 0.917. The fourth-order valence-electron chi connectivity index (χ4n) is 1.62. The molecule has 0 radical (unpaired) electrons. The third-order valence-corrected chi connectivity index (χ3v) is 3.62. The molecule has 0 atom stereocenters. The van der Waals surface area contributed by atoms with E-state index in [2.05, 4.69) is 25.7 Å². The van der Waals surface area contributed by atoms with Crippen LogP contribution in [-0.4, -0.2) is 71.6 Å². The van der Waals surface area contributed by atoms with Gasteiger partial charge in [-0.2, -0.15) is 11.8 Å². The quantitative estimate of drug-likeness (QED) is 0.571. The van der Waals surface area contributed by atoms with Gasteiger partial charge in [0.05, 0.1) is 6.54 Å². The van der Waals surface area contributed by atoms with Crippen LogP contribution in [0.1, 0.15) is 20.8 Å². The molecule has 0 rings (SSSR count). The molecule has 0 bridgehead atoms. The zero-order valence-electron chi connectivity index (χ0n) is 11.3. The van der Waals surface area contributed by atoms with E-state index in [0.717, 1.165) is 44.2 Å². The second-order valence-electron chi connectivity index (χ2n) is 3.89. The van der Waals surface area contributed by atoms with Crippen LogP contribution in [0, 0.1) is 0 Å². The molecule has 0 saturated heterocycles. The molecule has 5 heteroatoms. The Morgan fingerprint density at radius 1 is 1.06 bits per heavy atom. The van der Waals surface area contributed by atoms with Crippen molar-refractivity contribution in [1.82, 2.24) is 9.80 Å². The minimum atomic E-state index is -0.731. The van der Waals surface area contributed by atoms with Gasteiger partial charge in [0.2, 0.25) is 0 Å². The van der Waals surface area contributed by atoms with Crippen molar-refractivity contribution in [1.29, 1.82) is 0 Å². The number of rotatable bonds is 11. The molecule has 0 spiro atoms. The summed E-state index contributed by atoms with van der Waals surface area (Å²) >= 11 is 1.86. The van der Waals surface area contributed by atoms with E-state index < -0.39 is 5.97 Å². The Hall–Kier alpha value is -0.260. The van der Waals surface area contributed by atoms with E-state index in [-0.39, 0.29) is 6.54 Å². The number of aliphatic carboxylic acids is 1. The molecule has 0 saturated carbocycles. The molecule has 0 aliphatic carbocycles. The highest BCUT2D eigenvalue weighted by Gasteiger charge is 2.10. The molecule has 4 nitrogen and oxygen atoms in total. The van der Waals surface area contributed by atoms with Crippen LogP contribution in [0.3, 0.4) is 0 Å². The van der Waals surface area contributed by atoms with Gasteiger partial charge in [-0.15, -0.1) is 0 Å². The van der Waals surface area contributed by atoms with Gasteiger partial charge in [0.25, 0.3) is 0 Å². The van der Waals surface area contributed by atoms with Gasteiger partial charge in [-0.3, -0.25) is 9.69 Å². The Morgan fingerprint density at radius 3 is 2.12 bits per heavy atom. The van der Waals surface area contributed by atoms with Crippen LogP contribution in [0.2, 0.25) is 0 Å². The molecule has 0 fully saturated rings. The zero-order chi connectivity index (χ0) is 13.1. The van der Waals surface area contributed by atoms with Crippen LogP contribution in [0.5, 0.6) is 0 Å². The van der Waals surface area contributed by atoms with Gasteiger partial charge in [-0.25, -0.2) is 0 Å². The number of carboxylic acid groups (broad SMARTS) is 1. The smallest absolute Gasteiger partial charge is 0.317 e. The van der Waals surface area contributed by atoms with E-state index in [4.69, 9.17) is 5.11 Å². The molecule has 0 aromatic heterocycles. The minimum absolute atomic E-state index is 0.158. The zero-order valence-corrected chi connectivity index (χ0v) is 12.1. The molecule has 1 N–H and O–H groups in total. The SMILES string of the molecule is CCSCCN(CCN(CC)CC)CC(=O)O. The van der Waals surface area contributed by atoms with Crippen LogP contribution in [0.15, 0.2) is 0 Å². The van der Waals surface area contributed by atoms with Gasteiger partial charge in [0.15, 0.2) is 0 Å². The van der Waals surface area contributed by atoms with Crippen molar-refractivity contribution in [2.24, 2.45) is 0 Å². The maximum Gasteiger partial charge on any atom is 0.317 e. The van der Waals surface area contributed by atoms with Gasteiger partial charge in [-0.05, 0) is 18.8 Å². The molecule has 0 aromatic rings. The molecule has 17 heavy (non-hydrogen) atoms. The van der Waals surface area contributed by atoms with Crippen LogP contribution < -0.4 is 0 Å². The van der Waals surface area contributed by atoms with E-state index >= 15 is 0 Å². The highest BCUT2D eigenvalue weighted by molar-refractivity contribution is 7.99. The van der Waals surface area contributed by atoms with Crippen molar-refractivity contribution in [2.75, 3.05) is 50.8 Å². The maximum absolute atomic E-state index is 10.8. The number of carbonyl (C=O) groups is 1. The summed E-state index contributed by atoms with van der Waals surface area (Å²) < 4.78 is 0. The predicted octanol–water partition coefficient (Wildman–Crippen LogP) is 1.47. The summed E-state index contributed by atoms with van der Waals surface area (Å²) in [6.07, 6.45) is 0. The standard InChI is InChI=1S/C12H26N2O2S/c1-4-13(5-2)7-8-14(11-12(15)16)9-10-17-6-3/h4-11H2,1-3H3,(H,15,16). The Kier molecular flexibility index (Phi) is 10.7. The summed E-state index contributed by atoms with van der Waals surface area (Å²) in [5, 5.41) is 8.86. The summed E-state index contributed by atoms with van der Waals surface area (Å²) in [4.78, 5) is 15.1. The topological polar surface area (TPSA) is 43.8 Å². The fourth-order valence-corrected chi connectivity index (χ4v) is 2.30. The second kappa shape index (κ2) is 10.9. The lowest BCUT2D eigenvalue weighted by molar-refractivity contribution is -0.138. The average Bonchev–Trinajstić information content (AvgIpc) is 2.29. The number of thioether (sulfide) groups is 1. The number of hydrogen-bond acceptors (Lipinski definition) is 4. The van der Waals surface area contributed by atoms with Gasteiger partial charge in [0.1, 0.15) is 0 Å². The highest BCUT2D eigenvalue weighted by atomic mass is 32.2. The Morgan fingerprint density at radius 2 is 1.65 bits per heavy atom. The van der Waals surface area contributed by atoms with Crippen molar-refractivity contribution in [3.63, 3.8) is 0 Å². The van der Waals surface area contributed by atoms with Crippen molar-refractivity contribution in [3.05, 3.63) is 0 Å². The van der Waals surface area contributed by atoms with Crippen molar-refractivity contribution < 1.29 is 9.90 Å². The normalized spacial score (nSPS) is 11.4. The molecule has 0 aromatic carbocycles. The van der Waals surface area contributed by atoms with Gasteiger partial charge in [0, 0.05) is 25.4 Å². The first kappa shape index (κ1) is 16.7. The largest absolute Gasteiger partial charge is 0.480 e. The molecule has 0 amide bonds. The van der Waals surface area contributed by atoms with Crippen LogP contribution in [0.4, 0.5) is 0 Å². The van der Waals surface area contributed by atoms with Gasteiger partial charge in [-0.1, -0.05) is 20.8 Å². The first-order valence-electron chi connectivity index (χ1n) is 6.38. The van der Waals surface area contributed by atoms with E-state index in [1.165, 1.54) is 0 Å². The second-order valence-corrected chi connectivity index (χ2v) is 5.29. The van der Waals surface area contributed by atoms with E-state index in [0.29, 0.717) is 0 Å². The van der Waals surface area contributed by atoms with E-state index in [9.17, 15) is 4.79 Å². The molecule has 0 aliphatic rings. The summed E-state index contributed by atoms with van der Waals surface area (Å²) in [5.74, 6) is 1.38. The van der Waals surface area contributed by atoms with Crippen LogP contribution in [-0.2, 0) is 4.79 Å². The number of carboxylic acids is 1. The third kappa shape index (κ3) is 9.44. The van der Waals surface area contributed by atoms with Gasteiger partial charge < -0.3 is 10.0 Å². The first-order chi connectivity index (χ1) is 8.13. The molecular weight excluding hydrogens is 236 g/mol. The maximum atomic E-state index is 10.8. The van der Waals surface area contributed by atoms with E-state index in [1.807, 2.05) is 16.7 Å². The molecule has 102 valence electrons. The number of hydrogen-bond donors (Lipinski definition) is 1. The van der Waals surface area contributed by atoms with Crippen LogP contribution >= 0.6 is 11.8 Å². The molecule has 0 heterocycles. The Labute approximate surface area is 109 Å². The summed E-state index contributed by atoms with van der Waals surface area (Å²) in [7, 11) is 0. The lowest BCUT2D eigenvalue weighted by atomic mass is 10.4. The first-order valence-corrected chi connectivity index (χ1v) is 7.53. The van der Waals surface area contributed by atoms with Crippen LogP contribution in [0.25, 0.3) is 0 Å². The predicted molar refractivity (Wildman–Crippen MR) is 74.9 cm³/mol. The molecular formula is C12H26N2O2S. The third-order valence-electron chi connectivity index (χ3n) is 2.74. The van der Waals surface area contributed by atoms with Crippen molar-refractivity contribution in [3.8, 4) is 0 Å². The lowest BCUT2D eigenvalue weighted by Gasteiger charge is -2.24. The highest BCUT2D eigenvalue weighted by Crippen LogP contribution is 2.00. The van der Waals surface area contributed by atoms with E-state index in [1.54, 1.807) is 0 Å². The average molecular weight is 262 g/mol. The lowest BCUT2D eigenvalue weighted by Crippen LogP contribution is -2.39. The Bertz CT molecular complexity index is 199. The summed E-state index contributed by atoms with van der Waals surface area (Å²) in [5.41, 5.74) is 0. The Balaban J connectivity index is 3.95. The summed E-state index contributed by atoms with van der Waals surface area (Å²) in [6.45, 7) is 11.3. The molecule has 0 aliphatic heterocycles. The van der Waals surface area contributed by atoms with Gasteiger partial charge >= 0.3 is 5.97 Å². The van der Waals surface area contributed by atoms with Crippen molar-refractivity contribution >= 4 is 17.7 Å². The number of nitrogens with zero attached hydrogens (tertiary/aromatic N) is 2. The minimum Gasteiger partial charge on any atom is -0.480 e. The number of likely N-dealkylation sites (N-methyl/N-ethyl adjacent to an activating group) is 1.